The van der Waals surface area contributed by atoms with Gasteiger partial charge in [0.25, 0.3) is 5.91 Å². The molecule has 6 heteroatoms. The number of piperidine rings is 1. The minimum atomic E-state index is 0.0217. The van der Waals surface area contributed by atoms with E-state index >= 15 is 0 Å². The molecule has 6 rings (SSSR count). The molecule has 2 atom stereocenters. The van der Waals surface area contributed by atoms with E-state index in [0.717, 1.165) is 37.8 Å². The first kappa shape index (κ1) is 21.7. The second-order valence-corrected chi connectivity index (χ2v) is 9.75. The first-order valence-electron chi connectivity index (χ1n) is 12.4. The lowest BCUT2D eigenvalue weighted by Gasteiger charge is -2.39. The quantitative estimate of drug-likeness (QED) is 0.376. The largest absolute Gasteiger partial charge is 0.437 e. The predicted molar refractivity (Wildman–Crippen MR) is 134 cm³/mol. The van der Waals surface area contributed by atoms with Crippen molar-refractivity contribution in [3.05, 3.63) is 90.1 Å². The van der Waals surface area contributed by atoms with Crippen LogP contribution in [0.3, 0.4) is 0 Å². The first-order valence-corrected chi connectivity index (χ1v) is 12.4. The molecular weight excluding hydrogens is 436 g/mol. The molecule has 2 aliphatic rings. The Bertz CT molecular complexity index is 1350. The first-order chi connectivity index (χ1) is 17.2. The minimum Gasteiger partial charge on any atom is -0.437 e. The molecule has 2 fully saturated rings. The summed E-state index contributed by atoms with van der Waals surface area (Å²) in [7, 11) is 0. The number of rotatable bonds is 5. The highest BCUT2D eigenvalue weighted by Gasteiger charge is 2.44. The third-order valence-corrected chi connectivity index (χ3v) is 7.45. The molecule has 0 aliphatic carbocycles. The van der Waals surface area contributed by atoms with Crippen molar-refractivity contribution < 1.29 is 9.53 Å². The Morgan fingerprint density at radius 1 is 0.971 bits per heavy atom. The van der Waals surface area contributed by atoms with Gasteiger partial charge in [-0.15, -0.1) is 0 Å². The molecule has 0 spiro atoms. The summed E-state index contributed by atoms with van der Waals surface area (Å²) in [6, 6.07) is 16.5. The molecule has 3 aromatic heterocycles. The summed E-state index contributed by atoms with van der Waals surface area (Å²) in [5.74, 6) is 1.50. The van der Waals surface area contributed by atoms with Crippen LogP contribution in [-0.2, 0) is 6.42 Å². The van der Waals surface area contributed by atoms with E-state index < -0.39 is 0 Å². The zero-order valence-corrected chi connectivity index (χ0v) is 19.8. The van der Waals surface area contributed by atoms with Gasteiger partial charge in [-0.3, -0.25) is 14.8 Å². The van der Waals surface area contributed by atoms with Gasteiger partial charge < -0.3 is 9.64 Å². The average molecular weight is 465 g/mol. The normalized spacial score (nSPS) is 21.3. The highest BCUT2D eigenvalue weighted by atomic mass is 16.5. The molecule has 5 heterocycles. The molecule has 0 unspecified atom stereocenters. The van der Waals surface area contributed by atoms with E-state index in [-0.39, 0.29) is 18.0 Å². The molecule has 2 bridgehead atoms. The number of fused-ring (bicyclic) bond motifs is 3. The second kappa shape index (κ2) is 9.10. The van der Waals surface area contributed by atoms with Gasteiger partial charge in [-0.25, -0.2) is 4.98 Å². The lowest BCUT2D eigenvalue weighted by Crippen LogP contribution is -2.47. The third kappa shape index (κ3) is 4.25. The molecule has 0 N–H and O–H groups in total. The van der Waals surface area contributed by atoms with E-state index in [1.807, 2.05) is 37.5 Å². The fourth-order valence-electron chi connectivity index (χ4n) is 5.85. The molecule has 2 aliphatic heterocycles. The number of pyridine rings is 3. The van der Waals surface area contributed by atoms with Gasteiger partial charge in [-0.2, -0.15) is 0 Å². The monoisotopic (exact) mass is 464 g/mol. The van der Waals surface area contributed by atoms with Crippen LogP contribution in [0.4, 0.5) is 0 Å². The standard InChI is InChI=1S/C29H28N4O2/c1-19-7-10-25(17-32-19)35-28-26(6-3-12-31-28)29(34)33-23-8-9-24(33)16-20(15-23)14-22-5-2-4-21-11-13-30-18-27(21)22/h2-7,10-13,17-18,20,23-24H,8-9,14-16H2,1H3/t23-,24-/m0/s1. The molecule has 1 aromatic carbocycles. The van der Waals surface area contributed by atoms with Gasteiger partial charge in [0, 0.05) is 41.8 Å². The van der Waals surface area contributed by atoms with E-state index in [9.17, 15) is 4.79 Å². The van der Waals surface area contributed by atoms with Crippen LogP contribution in [0.5, 0.6) is 11.6 Å². The Morgan fingerprint density at radius 3 is 2.63 bits per heavy atom. The summed E-state index contributed by atoms with van der Waals surface area (Å²) < 4.78 is 5.98. The summed E-state index contributed by atoms with van der Waals surface area (Å²) in [4.78, 5) is 28.9. The van der Waals surface area contributed by atoms with Gasteiger partial charge in [0.05, 0.1) is 6.20 Å². The van der Waals surface area contributed by atoms with Gasteiger partial charge in [0.15, 0.2) is 0 Å². The summed E-state index contributed by atoms with van der Waals surface area (Å²) in [6.45, 7) is 1.93. The Kier molecular flexibility index (Phi) is 5.64. The van der Waals surface area contributed by atoms with Crippen LogP contribution in [0.25, 0.3) is 10.8 Å². The number of ether oxygens (including phenoxy) is 1. The number of benzene rings is 1. The van der Waals surface area contributed by atoms with Crippen molar-refractivity contribution in [3.63, 3.8) is 0 Å². The number of nitrogens with zero attached hydrogens (tertiary/aromatic N) is 4. The predicted octanol–water partition coefficient (Wildman–Crippen LogP) is 5.75. The summed E-state index contributed by atoms with van der Waals surface area (Å²) >= 11 is 0. The minimum absolute atomic E-state index is 0.0217. The van der Waals surface area contributed by atoms with Crippen LogP contribution < -0.4 is 4.74 Å². The number of hydrogen-bond acceptors (Lipinski definition) is 5. The van der Waals surface area contributed by atoms with Crippen molar-refractivity contribution in [3.8, 4) is 11.6 Å². The van der Waals surface area contributed by atoms with Gasteiger partial charge >= 0.3 is 0 Å². The van der Waals surface area contributed by atoms with Crippen molar-refractivity contribution in [1.82, 2.24) is 19.9 Å². The van der Waals surface area contributed by atoms with Crippen molar-refractivity contribution in [2.45, 2.75) is 51.1 Å². The molecule has 4 aromatic rings. The van der Waals surface area contributed by atoms with E-state index in [1.54, 1.807) is 18.5 Å². The van der Waals surface area contributed by atoms with Gasteiger partial charge in [-0.05, 0) is 86.2 Å². The SMILES string of the molecule is Cc1ccc(Oc2ncccc2C(=O)N2[C@H]3CC[C@H]2CC(Cc2cccc4ccncc24)C3)cn1. The van der Waals surface area contributed by atoms with E-state index in [2.05, 4.69) is 44.1 Å². The molecule has 6 nitrogen and oxygen atoms in total. The molecular formula is C29H28N4O2. The van der Waals surface area contributed by atoms with Crippen LogP contribution in [0.2, 0.25) is 0 Å². The fraction of sp³-hybridized carbons (Fsp3) is 0.310. The van der Waals surface area contributed by atoms with E-state index in [1.165, 1.54) is 16.3 Å². The second-order valence-electron chi connectivity index (χ2n) is 9.75. The lowest BCUT2D eigenvalue weighted by atomic mass is 9.84. The van der Waals surface area contributed by atoms with Crippen LogP contribution in [-0.4, -0.2) is 37.8 Å². The number of hydrogen-bond donors (Lipinski definition) is 0. The molecule has 0 saturated carbocycles. The maximum atomic E-state index is 13.7. The molecule has 176 valence electrons. The number of aromatic nitrogens is 3. The van der Waals surface area contributed by atoms with Crippen molar-refractivity contribution in [2.24, 2.45) is 5.92 Å². The average Bonchev–Trinajstić information content (AvgIpc) is 3.15. The van der Waals surface area contributed by atoms with Gasteiger partial charge in [0.2, 0.25) is 5.88 Å². The topological polar surface area (TPSA) is 68.2 Å². The summed E-state index contributed by atoms with van der Waals surface area (Å²) in [5.41, 5.74) is 2.78. The fourth-order valence-corrected chi connectivity index (χ4v) is 5.85. The van der Waals surface area contributed by atoms with Gasteiger partial charge in [0.1, 0.15) is 11.3 Å². The number of carbonyl (C=O) groups excluding carboxylic acids is 1. The molecule has 35 heavy (non-hydrogen) atoms. The molecule has 1 amide bonds. The Balaban J connectivity index is 1.20. The van der Waals surface area contributed by atoms with E-state index in [0.29, 0.717) is 23.1 Å². The number of aryl methyl sites for hydroxylation is 1. The maximum Gasteiger partial charge on any atom is 0.259 e. The summed E-state index contributed by atoms with van der Waals surface area (Å²) in [5, 5.41) is 2.48. The molecule has 2 saturated heterocycles. The number of amides is 1. The zero-order chi connectivity index (χ0) is 23.8. The van der Waals surface area contributed by atoms with Gasteiger partial charge in [-0.1, -0.05) is 18.2 Å². The Labute approximate surface area is 205 Å². The maximum absolute atomic E-state index is 13.7. The highest BCUT2D eigenvalue weighted by molar-refractivity contribution is 5.97. The highest BCUT2D eigenvalue weighted by Crippen LogP contribution is 2.42. The van der Waals surface area contributed by atoms with Crippen LogP contribution in [0.1, 0.15) is 47.3 Å². The Morgan fingerprint density at radius 2 is 1.83 bits per heavy atom. The van der Waals surface area contributed by atoms with Crippen molar-refractivity contribution >= 4 is 16.7 Å². The number of carbonyl (C=O) groups is 1. The summed E-state index contributed by atoms with van der Waals surface area (Å²) in [6.07, 6.45) is 12.3. The van der Waals surface area contributed by atoms with Crippen LogP contribution in [0.15, 0.2) is 73.3 Å². The third-order valence-electron chi connectivity index (χ3n) is 7.45. The molecule has 0 radical (unpaired) electrons. The zero-order valence-electron chi connectivity index (χ0n) is 19.8. The Hall–Kier alpha value is -3.80. The smallest absolute Gasteiger partial charge is 0.259 e. The van der Waals surface area contributed by atoms with Crippen molar-refractivity contribution in [2.75, 3.05) is 0 Å². The van der Waals surface area contributed by atoms with Crippen LogP contribution in [0, 0.1) is 12.8 Å². The van der Waals surface area contributed by atoms with Crippen molar-refractivity contribution in [1.29, 1.82) is 0 Å². The van der Waals surface area contributed by atoms with E-state index in [4.69, 9.17) is 4.74 Å². The van der Waals surface area contributed by atoms with Crippen LogP contribution >= 0.6 is 0 Å². The lowest BCUT2D eigenvalue weighted by molar-refractivity contribution is 0.0521.